The second kappa shape index (κ2) is 9.78. The fraction of sp³-hybridized carbons (Fsp3) is 0.438. The molecule has 0 spiro atoms. The van der Waals surface area contributed by atoms with Crippen LogP contribution in [0.25, 0.3) is 0 Å². The van der Waals surface area contributed by atoms with E-state index >= 15 is 0 Å². The summed E-state index contributed by atoms with van der Waals surface area (Å²) in [6.07, 6.45) is 2.28. The lowest BCUT2D eigenvalue weighted by Crippen LogP contribution is -2.32. The fourth-order valence-corrected chi connectivity index (χ4v) is 5.18. The van der Waals surface area contributed by atoms with Crippen molar-refractivity contribution >= 4 is 52.4 Å². The van der Waals surface area contributed by atoms with Crippen LogP contribution in [0.5, 0.6) is 0 Å². The molecule has 9 heteroatoms. The Labute approximate surface area is 164 Å². The number of amides is 1. The molecule has 0 radical (unpaired) electrons. The highest BCUT2D eigenvalue weighted by atomic mass is 35.5. The van der Waals surface area contributed by atoms with Crippen LogP contribution in [0, 0.1) is 0 Å². The van der Waals surface area contributed by atoms with Gasteiger partial charge in [-0.05, 0) is 30.5 Å². The zero-order valence-corrected chi connectivity index (χ0v) is 16.6. The van der Waals surface area contributed by atoms with Crippen molar-refractivity contribution in [1.29, 1.82) is 0 Å². The zero-order chi connectivity index (χ0) is 17.5. The summed E-state index contributed by atoms with van der Waals surface area (Å²) in [5, 5.41) is 12.0. The molecule has 2 heterocycles. The van der Waals surface area contributed by atoms with Crippen LogP contribution in [0.3, 0.4) is 0 Å². The minimum absolute atomic E-state index is 0.00562. The van der Waals surface area contributed by atoms with Crippen LogP contribution in [0.2, 0.25) is 5.02 Å². The van der Waals surface area contributed by atoms with E-state index in [1.54, 1.807) is 11.8 Å². The summed E-state index contributed by atoms with van der Waals surface area (Å²) in [6.45, 7) is 1.40. The van der Waals surface area contributed by atoms with Gasteiger partial charge in [-0.1, -0.05) is 58.6 Å². The van der Waals surface area contributed by atoms with Crippen LogP contribution in [0.1, 0.15) is 18.4 Å². The number of hydrogen-bond acceptors (Lipinski definition) is 7. The average Bonchev–Trinajstić information content (AvgIpc) is 3.29. The molecular weight excluding hydrogens is 398 g/mol. The van der Waals surface area contributed by atoms with Crippen LogP contribution in [0.4, 0.5) is 0 Å². The summed E-state index contributed by atoms with van der Waals surface area (Å²) in [7, 11) is 0. The summed E-state index contributed by atoms with van der Waals surface area (Å²) < 4.78 is 7.20. The van der Waals surface area contributed by atoms with Crippen molar-refractivity contribution in [3.05, 3.63) is 34.9 Å². The highest BCUT2D eigenvalue weighted by molar-refractivity contribution is 8.03. The Morgan fingerprint density at radius 2 is 2.04 bits per heavy atom. The lowest BCUT2D eigenvalue weighted by Gasteiger charge is -2.09. The Hall–Kier alpha value is -0.800. The third-order valence-electron chi connectivity index (χ3n) is 3.54. The average molecular weight is 416 g/mol. The minimum Gasteiger partial charge on any atom is -0.376 e. The van der Waals surface area contributed by atoms with E-state index < -0.39 is 0 Å². The largest absolute Gasteiger partial charge is 0.376 e. The van der Waals surface area contributed by atoms with Crippen LogP contribution in [-0.4, -0.2) is 41.1 Å². The van der Waals surface area contributed by atoms with E-state index in [1.165, 1.54) is 28.7 Å². The highest BCUT2D eigenvalue weighted by Gasteiger charge is 2.16. The first-order valence-corrected chi connectivity index (χ1v) is 11.1. The summed E-state index contributed by atoms with van der Waals surface area (Å²) in [4.78, 5) is 11.9. The molecule has 1 aromatic carbocycles. The van der Waals surface area contributed by atoms with Gasteiger partial charge in [0.05, 0.1) is 11.9 Å². The number of hydrogen-bond donors (Lipinski definition) is 1. The highest BCUT2D eigenvalue weighted by Crippen LogP contribution is 2.30. The number of ether oxygens (including phenoxy) is 1. The maximum Gasteiger partial charge on any atom is 0.230 e. The van der Waals surface area contributed by atoms with Gasteiger partial charge >= 0.3 is 0 Å². The van der Waals surface area contributed by atoms with E-state index in [1.807, 2.05) is 24.3 Å². The Kier molecular flexibility index (Phi) is 7.42. The maximum absolute atomic E-state index is 11.9. The molecule has 2 aromatic rings. The van der Waals surface area contributed by atoms with Gasteiger partial charge < -0.3 is 10.1 Å². The molecule has 1 N–H and O–H groups in total. The molecule has 5 nitrogen and oxygen atoms in total. The first kappa shape index (κ1) is 19.0. The molecular formula is C16H18ClN3O2S3. The second-order valence-corrected chi connectivity index (χ2v) is 9.34. The lowest BCUT2D eigenvalue weighted by atomic mass is 10.2. The summed E-state index contributed by atoms with van der Waals surface area (Å²) in [6, 6.07) is 7.77. The van der Waals surface area contributed by atoms with E-state index in [2.05, 4.69) is 15.5 Å². The molecule has 134 valence electrons. The molecule has 0 aliphatic carbocycles. The molecule has 1 aromatic heterocycles. The van der Waals surface area contributed by atoms with Crippen LogP contribution in [-0.2, 0) is 15.3 Å². The zero-order valence-electron chi connectivity index (χ0n) is 13.4. The Morgan fingerprint density at radius 3 is 2.76 bits per heavy atom. The van der Waals surface area contributed by atoms with Gasteiger partial charge in [0.1, 0.15) is 0 Å². The molecule has 1 aliphatic heterocycles. The van der Waals surface area contributed by atoms with Gasteiger partial charge in [0.25, 0.3) is 0 Å². The Bertz CT molecular complexity index is 690. The summed E-state index contributed by atoms with van der Waals surface area (Å²) in [5.41, 5.74) is 1.19. The number of nitrogens with zero attached hydrogens (tertiary/aromatic N) is 2. The number of halogens is 1. The van der Waals surface area contributed by atoms with E-state index in [0.717, 1.165) is 38.9 Å². The van der Waals surface area contributed by atoms with Gasteiger partial charge in [-0.15, -0.1) is 10.2 Å². The Balaban J connectivity index is 1.37. The normalized spacial score (nSPS) is 16.9. The summed E-state index contributed by atoms with van der Waals surface area (Å²) in [5.74, 6) is 1.17. The van der Waals surface area contributed by atoms with Gasteiger partial charge in [0, 0.05) is 23.9 Å². The van der Waals surface area contributed by atoms with Crippen molar-refractivity contribution < 1.29 is 9.53 Å². The van der Waals surface area contributed by atoms with Crippen LogP contribution in [0.15, 0.2) is 32.9 Å². The number of carbonyl (C=O) groups is 1. The van der Waals surface area contributed by atoms with Crippen LogP contribution >= 0.6 is 46.5 Å². The molecule has 1 aliphatic rings. The molecule has 1 amide bonds. The van der Waals surface area contributed by atoms with E-state index in [9.17, 15) is 4.79 Å². The van der Waals surface area contributed by atoms with Gasteiger partial charge in [0.2, 0.25) is 5.91 Å². The van der Waals surface area contributed by atoms with Crippen molar-refractivity contribution in [2.24, 2.45) is 0 Å². The molecule has 3 rings (SSSR count). The first-order valence-electron chi connectivity index (χ1n) is 7.91. The standard InChI is InChI=1S/C16H18ClN3O2S3/c17-12-5-3-11(4-6-12)9-23-15-19-20-16(25-15)24-10-14(21)18-8-13-2-1-7-22-13/h3-6,13H,1-2,7-10H2,(H,18,21). The van der Waals surface area contributed by atoms with E-state index in [-0.39, 0.29) is 12.0 Å². The number of carbonyl (C=O) groups excluding carboxylic acids is 1. The first-order chi connectivity index (χ1) is 12.2. The molecule has 25 heavy (non-hydrogen) atoms. The molecule has 0 saturated carbocycles. The fourth-order valence-electron chi connectivity index (χ4n) is 2.25. The smallest absolute Gasteiger partial charge is 0.230 e. The maximum atomic E-state index is 11.9. The predicted molar refractivity (Wildman–Crippen MR) is 104 cm³/mol. The predicted octanol–water partition coefficient (Wildman–Crippen LogP) is 3.87. The van der Waals surface area contributed by atoms with Gasteiger partial charge in [-0.25, -0.2) is 0 Å². The van der Waals surface area contributed by atoms with Crippen molar-refractivity contribution in [2.75, 3.05) is 18.9 Å². The van der Waals surface area contributed by atoms with Crippen molar-refractivity contribution in [2.45, 2.75) is 33.4 Å². The molecule has 0 bridgehead atoms. The lowest BCUT2D eigenvalue weighted by molar-refractivity contribution is -0.119. The molecule has 1 fully saturated rings. The quantitative estimate of drug-likeness (QED) is 0.660. The third-order valence-corrected chi connectivity index (χ3v) is 7.05. The van der Waals surface area contributed by atoms with E-state index in [4.69, 9.17) is 16.3 Å². The van der Waals surface area contributed by atoms with Gasteiger partial charge in [0.15, 0.2) is 8.68 Å². The van der Waals surface area contributed by atoms with Crippen molar-refractivity contribution in [3.63, 3.8) is 0 Å². The van der Waals surface area contributed by atoms with Gasteiger partial charge in [-0.3, -0.25) is 4.79 Å². The van der Waals surface area contributed by atoms with Crippen LogP contribution < -0.4 is 5.32 Å². The van der Waals surface area contributed by atoms with E-state index in [0.29, 0.717) is 12.3 Å². The van der Waals surface area contributed by atoms with Gasteiger partial charge in [-0.2, -0.15) is 0 Å². The van der Waals surface area contributed by atoms with Crippen molar-refractivity contribution in [1.82, 2.24) is 15.5 Å². The Morgan fingerprint density at radius 1 is 1.28 bits per heavy atom. The number of nitrogens with one attached hydrogen (secondary N) is 1. The molecule has 1 atom stereocenters. The number of rotatable bonds is 8. The number of benzene rings is 1. The summed E-state index contributed by atoms with van der Waals surface area (Å²) >= 11 is 10.4. The monoisotopic (exact) mass is 415 g/mol. The third kappa shape index (κ3) is 6.45. The second-order valence-electron chi connectivity index (χ2n) is 5.48. The topological polar surface area (TPSA) is 64.1 Å². The minimum atomic E-state index is 0.00562. The number of aromatic nitrogens is 2. The molecule has 1 unspecified atom stereocenters. The molecule has 1 saturated heterocycles. The van der Waals surface area contributed by atoms with Crippen molar-refractivity contribution in [3.8, 4) is 0 Å². The number of thioether (sulfide) groups is 2. The SMILES string of the molecule is O=C(CSc1nnc(SCc2ccc(Cl)cc2)s1)NCC1CCCO1.